The number of ether oxygens (including phenoxy) is 1. The molecule has 0 aliphatic heterocycles. The first-order chi connectivity index (χ1) is 8.24. The van der Waals surface area contributed by atoms with Crippen LogP contribution in [-0.4, -0.2) is 49.0 Å². The zero-order valence-corrected chi connectivity index (χ0v) is 11.5. The minimum Gasteiger partial charge on any atom is -0.394 e. The molecule has 1 fully saturated rings. The number of aliphatic hydroxyl groups excluding tert-OH is 1. The van der Waals surface area contributed by atoms with Crippen LogP contribution in [0.2, 0.25) is 0 Å². The molecular formula is C14H29NO2. The fourth-order valence-electron chi connectivity index (χ4n) is 2.52. The first-order valence-electron chi connectivity index (χ1n) is 7.16. The summed E-state index contributed by atoms with van der Waals surface area (Å²) in [4.78, 5) is 2.60. The molecule has 0 saturated heterocycles. The van der Waals surface area contributed by atoms with E-state index in [0.29, 0.717) is 6.61 Å². The summed E-state index contributed by atoms with van der Waals surface area (Å²) >= 11 is 0. The van der Waals surface area contributed by atoms with Crippen LogP contribution in [0.5, 0.6) is 0 Å². The summed E-state index contributed by atoms with van der Waals surface area (Å²) in [5.41, 5.74) is 0. The lowest BCUT2D eigenvalue weighted by Gasteiger charge is -2.29. The second kappa shape index (κ2) is 8.90. The monoisotopic (exact) mass is 243 g/mol. The Bertz CT molecular complexity index is 179. The van der Waals surface area contributed by atoms with Gasteiger partial charge >= 0.3 is 0 Å². The second-order valence-electron chi connectivity index (χ2n) is 5.49. The normalized spacial score (nSPS) is 17.5. The molecule has 0 unspecified atom stereocenters. The van der Waals surface area contributed by atoms with Gasteiger partial charge in [-0.05, 0) is 31.7 Å². The molecule has 0 aromatic carbocycles. The van der Waals surface area contributed by atoms with E-state index in [2.05, 4.69) is 18.7 Å². The van der Waals surface area contributed by atoms with Gasteiger partial charge in [-0.25, -0.2) is 0 Å². The number of aliphatic hydroxyl groups is 1. The van der Waals surface area contributed by atoms with Gasteiger partial charge in [0.1, 0.15) is 0 Å². The fourth-order valence-corrected chi connectivity index (χ4v) is 2.52. The highest BCUT2D eigenvalue weighted by molar-refractivity contribution is 4.77. The van der Waals surface area contributed by atoms with Crippen molar-refractivity contribution in [1.29, 1.82) is 0 Å². The molecule has 1 aliphatic carbocycles. The van der Waals surface area contributed by atoms with Gasteiger partial charge in [0.25, 0.3) is 0 Å². The summed E-state index contributed by atoms with van der Waals surface area (Å²) in [6, 6.07) is 0.784. The molecule has 0 spiro atoms. The third-order valence-corrected chi connectivity index (χ3v) is 3.59. The zero-order valence-electron chi connectivity index (χ0n) is 11.5. The summed E-state index contributed by atoms with van der Waals surface area (Å²) in [7, 11) is 0. The Kier molecular flexibility index (Phi) is 7.82. The van der Waals surface area contributed by atoms with E-state index in [9.17, 15) is 0 Å². The van der Waals surface area contributed by atoms with Crippen LogP contribution in [0, 0.1) is 5.92 Å². The van der Waals surface area contributed by atoms with Crippen molar-refractivity contribution < 1.29 is 9.84 Å². The van der Waals surface area contributed by atoms with Crippen molar-refractivity contribution in [3.8, 4) is 0 Å². The minimum atomic E-state index is 0.134. The van der Waals surface area contributed by atoms with Gasteiger partial charge in [-0.3, -0.25) is 4.90 Å². The predicted octanol–water partition coefficient (Wildman–Crippen LogP) is 2.29. The molecule has 0 radical (unpaired) electrons. The van der Waals surface area contributed by atoms with Crippen molar-refractivity contribution in [3.63, 3.8) is 0 Å². The number of nitrogens with zero attached hydrogens (tertiary/aromatic N) is 1. The van der Waals surface area contributed by atoms with Gasteiger partial charge in [0.05, 0.1) is 19.8 Å². The lowest BCUT2D eigenvalue weighted by molar-refractivity contribution is 0.0620. The SMILES string of the molecule is CC(C)CCN(CCOCCO)C1CCCC1. The summed E-state index contributed by atoms with van der Waals surface area (Å²) in [6.07, 6.45) is 6.77. The molecule has 0 atom stereocenters. The van der Waals surface area contributed by atoms with Crippen molar-refractivity contribution in [3.05, 3.63) is 0 Å². The van der Waals surface area contributed by atoms with Crippen molar-refractivity contribution in [2.45, 2.75) is 52.0 Å². The van der Waals surface area contributed by atoms with Crippen LogP contribution in [0.15, 0.2) is 0 Å². The van der Waals surface area contributed by atoms with E-state index in [-0.39, 0.29) is 6.61 Å². The Morgan fingerprint density at radius 1 is 1.18 bits per heavy atom. The standard InChI is InChI=1S/C14H29NO2/c1-13(2)7-8-15(9-11-17-12-10-16)14-5-3-4-6-14/h13-14,16H,3-12H2,1-2H3. The van der Waals surface area contributed by atoms with E-state index in [1.54, 1.807) is 0 Å². The summed E-state index contributed by atoms with van der Waals surface area (Å²) < 4.78 is 5.39. The highest BCUT2D eigenvalue weighted by atomic mass is 16.5. The molecule has 1 N–H and O–H groups in total. The van der Waals surface area contributed by atoms with Gasteiger partial charge in [0.15, 0.2) is 0 Å². The smallest absolute Gasteiger partial charge is 0.0698 e. The molecule has 102 valence electrons. The number of hydrogen-bond acceptors (Lipinski definition) is 3. The van der Waals surface area contributed by atoms with E-state index in [4.69, 9.17) is 9.84 Å². The summed E-state index contributed by atoms with van der Waals surface area (Å²) in [6.45, 7) is 8.17. The Hall–Kier alpha value is -0.120. The van der Waals surface area contributed by atoms with Gasteiger partial charge in [-0.15, -0.1) is 0 Å². The highest BCUT2D eigenvalue weighted by Crippen LogP contribution is 2.23. The van der Waals surface area contributed by atoms with E-state index < -0.39 is 0 Å². The van der Waals surface area contributed by atoms with Gasteiger partial charge < -0.3 is 9.84 Å². The Labute approximate surface area is 106 Å². The van der Waals surface area contributed by atoms with E-state index in [0.717, 1.165) is 25.1 Å². The van der Waals surface area contributed by atoms with E-state index in [1.807, 2.05) is 0 Å². The number of rotatable bonds is 9. The second-order valence-corrected chi connectivity index (χ2v) is 5.49. The molecule has 3 nitrogen and oxygen atoms in total. The van der Waals surface area contributed by atoms with Crippen molar-refractivity contribution >= 4 is 0 Å². The Morgan fingerprint density at radius 2 is 1.88 bits per heavy atom. The van der Waals surface area contributed by atoms with Crippen molar-refractivity contribution in [1.82, 2.24) is 4.90 Å². The van der Waals surface area contributed by atoms with E-state index >= 15 is 0 Å². The minimum absolute atomic E-state index is 0.134. The molecule has 1 aliphatic rings. The van der Waals surface area contributed by atoms with Crippen molar-refractivity contribution in [2.24, 2.45) is 5.92 Å². The first-order valence-corrected chi connectivity index (χ1v) is 7.16. The molecule has 1 saturated carbocycles. The molecular weight excluding hydrogens is 214 g/mol. The van der Waals surface area contributed by atoms with Crippen LogP contribution < -0.4 is 0 Å². The summed E-state index contributed by atoms with van der Waals surface area (Å²) in [5.74, 6) is 0.775. The maximum absolute atomic E-state index is 8.68. The average Bonchev–Trinajstić information content (AvgIpc) is 2.81. The van der Waals surface area contributed by atoms with E-state index in [1.165, 1.54) is 38.6 Å². The molecule has 3 heteroatoms. The van der Waals surface area contributed by atoms with Crippen LogP contribution in [0.1, 0.15) is 46.0 Å². The average molecular weight is 243 g/mol. The molecule has 0 bridgehead atoms. The molecule has 0 amide bonds. The van der Waals surface area contributed by atoms with Gasteiger partial charge in [0, 0.05) is 12.6 Å². The van der Waals surface area contributed by atoms with Crippen LogP contribution in [0.3, 0.4) is 0 Å². The van der Waals surface area contributed by atoms with Crippen LogP contribution >= 0.6 is 0 Å². The van der Waals surface area contributed by atoms with Crippen LogP contribution in [0.4, 0.5) is 0 Å². The third-order valence-electron chi connectivity index (χ3n) is 3.59. The lowest BCUT2D eigenvalue weighted by atomic mass is 10.1. The van der Waals surface area contributed by atoms with Gasteiger partial charge in [-0.1, -0.05) is 26.7 Å². The molecule has 17 heavy (non-hydrogen) atoms. The van der Waals surface area contributed by atoms with Crippen LogP contribution in [0.25, 0.3) is 0 Å². The fraction of sp³-hybridized carbons (Fsp3) is 1.00. The topological polar surface area (TPSA) is 32.7 Å². The van der Waals surface area contributed by atoms with Gasteiger partial charge in [0.2, 0.25) is 0 Å². The quantitative estimate of drug-likeness (QED) is 0.631. The highest BCUT2D eigenvalue weighted by Gasteiger charge is 2.21. The largest absolute Gasteiger partial charge is 0.394 e. The third kappa shape index (κ3) is 6.39. The number of hydrogen-bond donors (Lipinski definition) is 1. The van der Waals surface area contributed by atoms with Crippen molar-refractivity contribution in [2.75, 3.05) is 32.9 Å². The first kappa shape index (κ1) is 14.9. The van der Waals surface area contributed by atoms with Gasteiger partial charge in [-0.2, -0.15) is 0 Å². The Balaban J connectivity index is 2.24. The predicted molar refractivity (Wildman–Crippen MR) is 71.2 cm³/mol. The molecule has 0 aromatic heterocycles. The maximum atomic E-state index is 8.68. The van der Waals surface area contributed by atoms with Crippen LogP contribution in [-0.2, 0) is 4.74 Å². The lowest BCUT2D eigenvalue weighted by Crippen LogP contribution is -2.37. The summed E-state index contributed by atoms with van der Waals surface area (Å²) in [5, 5.41) is 8.68. The zero-order chi connectivity index (χ0) is 12.5. The Morgan fingerprint density at radius 3 is 2.47 bits per heavy atom. The molecule has 1 rings (SSSR count). The maximum Gasteiger partial charge on any atom is 0.0698 e. The molecule has 0 heterocycles. The molecule has 0 aromatic rings.